The van der Waals surface area contributed by atoms with Crippen LogP contribution >= 0.6 is 11.6 Å². The van der Waals surface area contributed by atoms with Crippen LogP contribution in [0.15, 0.2) is 0 Å². The molecule has 1 atom stereocenters. The van der Waals surface area contributed by atoms with Crippen LogP contribution in [0.3, 0.4) is 0 Å². The Morgan fingerprint density at radius 3 is 2.22 bits per heavy atom. The Morgan fingerprint density at radius 1 is 1.28 bits per heavy atom. The van der Waals surface area contributed by atoms with E-state index < -0.39 is 23.7 Å². The molecule has 1 N–H and O–H groups in total. The van der Waals surface area contributed by atoms with E-state index in [-0.39, 0.29) is 18.1 Å². The molecule has 0 saturated heterocycles. The zero-order chi connectivity index (χ0) is 14.3. The second kappa shape index (κ2) is 7.20. The summed E-state index contributed by atoms with van der Waals surface area (Å²) in [5.41, 5.74) is -0.693. The van der Waals surface area contributed by atoms with E-state index in [1.807, 2.05) is 0 Å². The van der Waals surface area contributed by atoms with Crippen LogP contribution in [0.2, 0.25) is 0 Å². The number of methoxy groups -OCH3 is 1. The van der Waals surface area contributed by atoms with Crippen molar-refractivity contribution >= 4 is 29.4 Å². The van der Waals surface area contributed by atoms with Gasteiger partial charge in [0, 0.05) is 6.42 Å². The molecule has 0 aromatic rings. The van der Waals surface area contributed by atoms with Crippen LogP contribution < -0.4 is 5.32 Å². The molecule has 0 aromatic carbocycles. The van der Waals surface area contributed by atoms with Gasteiger partial charge in [-0.3, -0.25) is 4.79 Å². The maximum absolute atomic E-state index is 11.5. The fraction of sp³-hybridized carbons (Fsp3) is 0.727. The molecule has 0 aliphatic heterocycles. The Kier molecular flexibility index (Phi) is 6.68. The third kappa shape index (κ3) is 7.11. The topological polar surface area (TPSA) is 81.7 Å². The van der Waals surface area contributed by atoms with Crippen LogP contribution in [0, 0.1) is 0 Å². The number of nitrogens with one attached hydrogen (secondary N) is 1. The molecule has 18 heavy (non-hydrogen) atoms. The number of hydrogen-bond donors (Lipinski definition) is 1. The van der Waals surface area contributed by atoms with Gasteiger partial charge in [-0.2, -0.15) is 0 Å². The summed E-state index contributed by atoms with van der Waals surface area (Å²) in [5, 5.41) is 2.27. The zero-order valence-corrected chi connectivity index (χ0v) is 11.7. The Bertz CT molecular complexity index is 324. The number of alkyl halides is 1. The Morgan fingerprint density at radius 2 is 1.83 bits per heavy atom. The minimum absolute atomic E-state index is 0.227. The molecule has 0 saturated carbocycles. The summed E-state index contributed by atoms with van der Waals surface area (Å²) in [5.74, 6) is -1.33. The molecule has 6 nitrogen and oxygen atoms in total. The summed E-state index contributed by atoms with van der Waals surface area (Å²) < 4.78 is 9.46. The number of alkyl carbamates (subject to hydrolysis) is 1. The highest BCUT2D eigenvalue weighted by Gasteiger charge is 2.26. The van der Waals surface area contributed by atoms with Crippen molar-refractivity contribution in [3.63, 3.8) is 0 Å². The molecule has 0 aliphatic rings. The lowest BCUT2D eigenvalue weighted by Gasteiger charge is -2.22. The van der Waals surface area contributed by atoms with Crippen LogP contribution in [0.5, 0.6) is 0 Å². The number of hydrogen-bond acceptors (Lipinski definition) is 5. The van der Waals surface area contributed by atoms with Gasteiger partial charge in [-0.05, 0) is 20.8 Å². The number of carbonyl (C=O) groups is 3. The molecule has 0 bridgehead atoms. The first-order chi connectivity index (χ1) is 8.19. The second-order valence-electron chi connectivity index (χ2n) is 4.60. The fourth-order valence-corrected chi connectivity index (χ4v) is 1.18. The van der Waals surface area contributed by atoms with Gasteiger partial charge in [0.25, 0.3) is 0 Å². The molecule has 0 rings (SSSR count). The lowest BCUT2D eigenvalue weighted by molar-refractivity contribution is -0.144. The molecule has 0 radical (unpaired) electrons. The van der Waals surface area contributed by atoms with Gasteiger partial charge in [-0.1, -0.05) is 0 Å². The van der Waals surface area contributed by atoms with Gasteiger partial charge >= 0.3 is 12.1 Å². The summed E-state index contributed by atoms with van der Waals surface area (Å²) >= 11 is 5.34. The molecule has 0 spiro atoms. The highest BCUT2D eigenvalue weighted by molar-refractivity contribution is 6.27. The molecular weight excluding hydrogens is 262 g/mol. The SMILES string of the molecule is COC(=O)C(CC(=O)CCl)NC(=O)OC(C)(C)C. The number of esters is 1. The quantitative estimate of drug-likeness (QED) is 0.605. The van der Waals surface area contributed by atoms with E-state index in [1.54, 1.807) is 20.8 Å². The summed E-state index contributed by atoms with van der Waals surface area (Å²) in [4.78, 5) is 34.0. The molecular formula is C11H18ClNO5. The minimum atomic E-state index is -1.09. The van der Waals surface area contributed by atoms with E-state index in [0.29, 0.717) is 0 Å². The lowest BCUT2D eigenvalue weighted by Crippen LogP contribution is -2.45. The second-order valence-corrected chi connectivity index (χ2v) is 4.87. The predicted octanol–water partition coefficient (Wildman–Crippen LogP) is 1.25. The van der Waals surface area contributed by atoms with Crippen molar-refractivity contribution in [1.82, 2.24) is 5.32 Å². The van der Waals surface area contributed by atoms with Gasteiger partial charge in [0.15, 0.2) is 0 Å². The van der Waals surface area contributed by atoms with Crippen LogP contribution in [0.4, 0.5) is 4.79 Å². The summed E-state index contributed by atoms with van der Waals surface area (Å²) in [6, 6.07) is -1.09. The molecule has 1 amide bonds. The largest absolute Gasteiger partial charge is 0.467 e. The van der Waals surface area contributed by atoms with Crippen LogP contribution in [-0.4, -0.2) is 42.5 Å². The summed E-state index contributed by atoms with van der Waals surface area (Å²) in [6.45, 7) is 5.05. The van der Waals surface area contributed by atoms with Crippen molar-refractivity contribution in [3.05, 3.63) is 0 Å². The monoisotopic (exact) mass is 279 g/mol. The first-order valence-electron chi connectivity index (χ1n) is 5.34. The molecule has 104 valence electrons. The predicted molar refractivity (Wildman–Crippen MR) is 65.5 cm³/mol. The van der Waals surface area contributed by atoms with E-state index >= 15 is 0 Å². The zero-order valence-electron chi connectivity index (χ0n) is 10.9. The number of Topliss-reactive ketones (excluding diaryl/α,β-unsaturated/α-hetero) is 1. The van der Waals surface area contributed by atoms with Gasteiger partial charge in [0.05, 0.1) is 13.0 Å². The number of ketones is 1. The van der Waals surface area contributed by atoms with Gasteiger partial charge in [0.2, 0.25) is 0 Å². The standard InChI is InChI=1S/C11H18ClNO5/c1-11(2,3)18-10(16)13-8(9(15)17-4)5-7(14)6-12/h8H,5-6H2,1-4H3,(H,13,16). The van der Waals surface area contributed by atoms with E-state index in [2.05, 4.69) is 10.1 Å². The Hall–Kier alpha value is -1.30. The summed E-state index contributed by atoms with van der Waals surface area (Å²) in [6.07, 6.45) is -1.02. The van der Waals surface area contributed by atoms with Crippen LogP contribution in [0.25, 0.3) is 0 Å². The smallest absolute Gasteiger partial charge is 0.408 e. The van der Waals surface area contributed by atoms with Crippen molar-refractivity contribution in [2.75, 3.05) is 13.0 Å². The minimum Gasteiger partial charge on any atom is -0.467 e. The number of carbonyl (C=O) groups excluding carboxylic acids is 3. The highest BCUT2D eigenvalue weighted by Crippen LogP contribution is 2.07. The first-order valence-corrected chi connectivity index (χ1v) is 5.88. The molecule has 0 fully saturated rings. The lowest BCUT2D eigenvalue weighted by atomic mass is 10.1. The van der Waals surface area contributed by atoms with E-state index in [4.69, 9.17) is 16.3 Å². The van der Waals surface area contributed by atoms with E-state index in [9.17, 15) is 14.4 Å². The molecule has 1 unspecified atom stereocenters. The highest BCUT2D eigenvalue weighted by atomic mass is 35.5. The van der Waals surface area contributed by atoms with Crippen molar-refractivity contribution in [2.45, 2.75) is 38.8 Å². The Balaban J connectivity index is 4.55. The normalized spacial score (nSPS) is 12.5. The third-order valence-corrected chi connectivity index (χ3v) is 2.06. The average molecular weight is 280 g/mol. The molecule has 0 heterocycles. The van der Waals surface area contributed by atoms with Crippen LogP contribution in [0.1, 0.15) is 27.2 Å². The number of ether oxygens (including phenoxy) is 2. The average Bonchev–Trinajstić information content (AvgIpc) is 2.24. The van der Waals surface area contributed by atoms with Crippen LogP contribution in [-0.2, 0) is 19.1 Å². The van der Waals surface area contributed by atoms with Crippen molar-refractivity contribution < 1.29 is 23.9 Å². The maximum atomic E-state index is 11.5. The summed E-state index contributed by atoms with van der Waals surface area (Å²) in [7, 11) is 1.16. The van der Waals surface area contributed by atoms with Gasteiger partial charge in [-0.25, -0.2) is 9.59 Å². The van der Waals surface area contributed by atoms with E-state index in [1.165, 1.54) is 0 Å². The fourth-order valence-electron chi connectivity index (χ4n) is 1.07. The van der Waals surface area contributed by atoms with Crippen molar-refractivity contribution in [1.29, 1.82) is 0 Å². The molecule has 0 aromatic heterocycles. The van der Waals surface area contributed by atoms with Crippen molar-refractivity contribution in [2.24, 2.45) is 0 Å². The molecule has 7 heteroatoms. The van der Waals surface area contributed by atoms with Gasteiger partial charge in [0.1, 0.15) is 17.4 Å². The van der Waals surface area contributed by atoms with Crippen molar-refractivity contribution in [3.8, 4) is 0 Å². The van der Waals surface area contributed by atoms with Gasteiger partial charge < -0.3 is 14.8 Å². The van der Waals surface area contributed by atoms with Gasteiger partial charge in [-0.15, -0.1) is 11.6 Å². The maximum Gasteiger partial charge on any atom is 0.408 e. The number of amides is 1. The molecule has 0 aliphatic carbocycles. The van der Waals surface area contributed by atoms with E-state index in [0.717, 1.165) is 7.11 Å². The Labute approximate surface area is 111 Å². The third-order valence-electron chi connectivity index (χ3n) is 1.76. The number of halogens is 1. The first kappa shape index (κ1) is 16.7. The number of rotatable bonds is 5.